The largest absolute Gasteiger partial charge is 0.335 e. The minimum Gasteiger partial charge on any atom is -0.335 e. The van der Waals surface area contributed by atoms with E-state index in [0.717, 1.165) is 16.5 Å². The van der Waals surface area contributed by atoms with Crippen molar-refractivity contribution in [2.75, 3.05) is 19.6 Å². The maximum atomic E-state index is 13.1. The van der Waals surface area contributed by atoms with Gasteiger partial charge in [0.1, 0.15) is 5.56 Å². The first-order valence-corrected chi connectivity index (χ1v) is 8.81. The molecular formula is C21H21N3O2. The Morgan fingerprint density at radius 1 is 1.08 bits per heavy atom. The van der Waals surface area contributed by atoms with E-state index < -0.39 is 0 Å². The number of nitrogens with one attached hydrogen (secondary N) is 1. The Morgan fingerprint density at radius 3 is 2.62 bits per heavy atom. The van der Waals surface area contributed by atoms with Crippen LogP contribution in [0.2, 0.25) is 0 Å². The number of hydrogen-bond acceptors (Lipinski definition) is 3. The van der Waals surface area contributed by atoms with E-state index in [2.05, 4.69) is 17.4 Å². The van der Waals surface area contributed by atoms with Crippen LogP contribution in [0, 0.1) is 0 Å². The maximum Gasteiger partial charge on any atom is 0.263 e. The fraction of sp³-hybridized carbons (Fsp3) is 0.238. The minimum absolute atomic E-state index is 0.0817. The number of amides is 1. The van der Waals surface area contributed by atoms with Gasteiger partial charge in [0, 0.05) is 32.7 Å². The number of piperazine rings is 1. The summed E-state index contributed by atoms with van der Waals surface area (Å²) < 4.78 is 1.56. The van der Waals surface area contributed by atoms with Crippen LogP contribution >= 0.6 is 0 Å². The van der Waals surface area contributed by atoms with E-state index in [4.69, 9.17) is 0 Å². The average molecular weight is 347 g/mol. The van der Waals surface area contributed by atoms with Gasteiger partial charge in [-0.2, -0.15) is 0 Å². The van der Waals surface area contributed by atoms with Gasteiger partial charge in [-0.1, -0.05) is 48.5 Å². The normalized spacial score (nSPS) is 17.4. The van der Waals surface area contributed by atoms with Gasteiger partial charge >= 0.3 is 0 Å². The quantitative estimate of drug-likeness (QED) is 0.774. The first kappa shape index (κ1) is 16.5. The molecule has 0 radical (unpaired) electrons. The number of aromatic nitrogens is 1. The van der Waals surface area contributed by atoms with Gasteiger partial charge in [0.05, 0.1) is 5.52 Å². The minimum atomic E-state index is -0.247. The summed E-state index contributed by atoms with van der Waals surface area (Å²) in [7, 11) is 1.71. The van der Waals surface area contributed by atoms with E-state index in [1.165, 1.54) is 0 Å². The first-order valence-electron chi connectivity index (χ1n) is 8.81. The van der Waals surface area contributed by atoms with Gasteiger partial charge in [-0.15, -0.1) is 0 Å². The van der Waals surface area contributed by atoms with Gasteiger partial charge in [-0.25, -0.2) is 0 Å². The third kappa shape index (κ3) is 2.91. The highest BCUT2D eigenvalue weighted by Crippen LogP contribution is 2.19. The first-order chi connectivity index (χ1) is 12.6. The summed E-state index contributed by atoms with van der Waals surface area (Å²) in [4.78, 5) is 27.6. The number of pyridine rings is 1. The molecule has 1 N–H and O–H groups in total. The number of aryl methyl sites for hydroxylation is 1. The van der Waals surface area contributed by atoms with E-state index in [0.29, 0.717) is 19.6 Å². The second-order valence-electron chi connectivity index (χ2n) is 6.65. The zero-order valence-electron chi connectivity index (χ0n) is 14.7. The molecule has 1 aliphatic heterocycles. The summed E-state index contributed by atoms with van der Waals surface area (Å²) in [5.74, 6) is -0.196. The summed E-state index contributed by atoms with van der Waals surface area (Å²) in [6.07, 6.45) is 0. The van der Waals surface area contributed by atoms with Gasteiger partial charge in [-0.3, -0.25) is 9.59 Å². The Labute approximate surface area is 151 Å². The lowest BCUT2D eigenvalue weighted by atomic mass is 10.0. The van der Waals surface area contributed by atoms with Crippen molar-refractivity contribution in [1.82, 2.24) is 14.8 Å². The van der Waals surface area contributed by atoms with E-state index in [9.17, 15) is 9.59 Å². The zero-order valence-corrected chi connectivity index (χ0v) is 14.7. The summed E-state index contributed by atoms with van der Waals surface area (Å²) in [6, 6.07) is 19.5. The molecule has 1 unspecified atom stereocenters. The third-order valence-corrected chi connectivity index (χ3v) is 5.03. The molecule has 0 saturated carbocycles. The Hall–Kier alpha value is -2.92. The molecule has 1 aromatic heterocycles. The number of nitrogens with zero attached hydrogens (tertiary/aromatic N) is 2. The van der Waals surface area contributed by atoms with Crippen molar-refractivity contribution >= 4 is 16.8 Å². The van der Waals surface area contributed by atoms with Gasteiger partial charge in [-0.05, 0) is 23.1 Å². The van der Waals surface area contributed by atoms with E-state index in [1.807, 2.05) is 42.5 Å². The molecule has 132 valence electrons. The number of para-hydroxylation sites is 1. The molecular weight excluding hydrogens is 326 g/mol. The lowest BCUT2D eigenvalue weighted by Gasteiger charge is -2.34. The molecule has 5 heteroatoms. The molecule has 1 saturated heterocycles. The molecule has 2 heterocycles. The highest BCUT2D eigenvalue weighted by Gasteiger charge is 2.27. The Morgan fingerprint density at radius 2 is 1.81 bits per heavy atom. The monoisotopic (exact) mass is 347 g/mol. The van der Waals surface area contributed by atoms with Crippen molar-refractivity contribution in [3.05, 3.63) is 82.1 Å². The van der Waals surface area contributed by atoms with Crippen LogP contribution in [0.25, 0.3) is 10.9 Å². The van der Waals surface area contributed by atoms with Crippen molar-refractivity contribution in [1.29, 1.82) is 0 Å². The van der Waals surface area contributed by atoms with Gasteiger partial charge in [0.2, 0.25) is 0 Å². The highest BCUT2D eigenvalue weighted by atomic mass is 16.2. The molecule has 0 aliphatic carbocycles. The van der Waals surface area contributed by atoms with Crippen LogP contribution in [0.4, 0.5) is 0 Å². The summed E-state index contributed by atoms with van der Waals surface area (Å²) >= 11 is 0. The maximum absolute atomic E-state index is 13.1. The van der Waals surface area contributed by atoms with Crippen LogP contribution in [0.1, 0.15) is 22.0 Å². The molecule has 1 amide bonds. The molecule has 0 bridgehead atoms. The fourth-order valence-corrected chi connectivity index (χ4v) is 3.59. The summed E-state index contributed by atoms with van der Waals surface area (Å²) in [6.45, 7) is 1.86. The van der Waals surface area contributed by atoms with Crippen LogP contribution in [0.3, 0.4) is 0 Å². The van der Waals surface area contributed by atoms with Crippen LogP contribution in [0.15, 0.2) is 65.5 Å². The molecule has 3 aromatic rings. The SMILES string of the molecule is Cn1c(=O)c(C(=O)N2CCNC(c3ccccc3)C2)cc2ccccc21. The van der Waals surface area contributed by atoms with E-state index in [-0.39, 0.29) is 23.1 Å². The van der Waals surface area contributed by atoms with Crippen molar-refractivity contribution in [3.8, 4) is 0 Å². The number of carbonyl (C=O) groups excluding carboxylic acids is 1. The lowest BCUT2D eigenvalue weighted by molar-refractivity contribution is 0.0701. The Bertz CT molecular complexity index is 1010. The molecule has 26 heavy (non-hydrogen) atoms. The molecule has 1 atom stereocenters. The Kier molecular flexibility index (Phi) is 4.31. The van der Waals surface area contributed by atoms with Crippen molar-refractivity contribution in [2.24, 2.45) is 7.05 Å². The average Bonchev–Trinajstić information content (AvgIpc) is 2.71. The number of benzene rings is 2. The van der Waals surface area contributed by atoms with Crippen molar-refractivity contribution in [3.63, 3.8) is 0 Å². The molecule has 2 aromatic carbocycles. The van der Waals surface area contributed by atoms with Crippen molar-refractivity contribution < 1.29 is 4.79 Å². The lowest BCUT2D eigenvalue weighted by Crippen LogP contribution is -2.49. The Balaban J connectivity index is 1.66. The highest BCUT2D eigenvalue weighted by molar-refractivity contribution is 5.97. The van der Waals surface area contributed by atoms with Gasteiger partial charge in [0.15, 0.2) is 0 Å². The number of fused-ring (bicyclic) bond motifs is 1. The molecule has 1 aliphatic rings. The second kappa shape index (κ2) is 6.77. The number of hydrogen-bond donors (Lipinski definition) is 1. The van der Waals surface area contributed by atoms with Crippen LogP contribution in [0.5, 0.6) is 0 Å². The fourth-order valence-electron chi connectivity index (χ4n) is 3.59. The summed E-state index contributed by atoms with van der Waals surface area (Å²) in [5, 5.41) is 4.35. The third-order valence-electron chi connectivity index (χ3n) is 5.03. The smallest absolute Gasteiger partial charge is 0.263 e. The molecule has 4 rings (SSSR count). The number of rotatable bonds is 2. The van der Waals surface area contributed by atoms with Crippen molar-refractivity contribution in [2.45, 2.75) is 6.04 Å². The van der Waals surface area contributed by atoms with Crippen LogP contribution in [-0.2, 0) is 7.05 Å². The topological polar surface area (TPSA) is 54.3 Å². The standard InChI is InChI=1S/C21H21N3O2/c1-23-19-10-6-5-9-16(19)13-17(20(23)25)21(26)24-12-11-22-18(14-24)15-7-3-2-4-8-15/h2-10,13,18,22H,11-12,14H2,1H3. The predicted octanol–water partition coefficient (Wildman–Crippen LogP) is 2.33. The summed E-state index contributed by atoms with van der Waals surface area (Å²) in [5.41, 5.74) is 1.97. The molecule has 0 spiro atoms. The molecule has 1 fully saturated rings. The van der Waals surface area contributed by atoms with E-state index in [1.54, 1.807) is 22.6 Å². The zero-order chi connectivity index (χ0) is 18.1. The van der Waals surface area contributed by atoms with Gasteiger partial charge in [0.25, 0.3) is 11.5 Å². The van der Waals surface area contributed by atoms with Crippen LogP contribution in [-0.4, -0.2) is 35.0 Å². The predicted molar refractivity (Wildman–Crippen MR) is 102 cm³/mol. The molecule has 5 nitrogen and oxygen atoms in total. The van der Waals surface area contributed by atoms with Crippen LogP contribution < -0.4 is 10.9 Å². The van der Waals surface area contributed by atoms with Gasteiger partial charge < -0.3 is 14.8 Å². The van der Waals surface area contributed by atoms with E-state index >= 15 is 0 Å². The number of carbonyl (C=O) groups is 1. The second-order valence-corrected chi connectivity index (χ2v) is 6.65.